The molecule has 3 rings (SSSR count). The van der Waals surface area contributed by atoms with Gasteiger partial charge in [-0.25, -0.2) is 4.39 Å². The summed E-state index contributed by atoms with van der Waals surface area (Å²) in [4.78, 5) is 12.3. The van der Waals surface area contributed by atoms with E-state index in [1.165, 1.54) is 6.07 Å². The molecule has 0 saturated heterocycles. The van der Waals surface area contributed by atoms with Crippen LogP contribution in [0.5, 0.6) is 0 Å². The van der Waals surface area contributed by atoms with Crippen molar-refractivity contribution in [2.45, 2.75) is 19.4 Å². The lowest BCUT2D eigenvalue weighted by molar-refractivity contribution is -0.146. The summed E-state index contributed by atoms with van der Waals surface area (Å²) in [6, 6.07) is 21.3. The Morgan fingerprint density at radius 2 is 1.73 bits per heavy atom. The van der Waals surface area contributed by atoms with E-state index >= 15 is 0 Å². The van der Waals surface area contributed by atoms with Crippen LogP contribution in [0.3, 0.4) is 0 Å². The number of rotatable bonds is 5. The normalized spacial score (nSPS) is 11.8. The summed E-state index contributed by atoms with van der Waals surface area (Å²) in [5.74, 6) is -1.31. The minimum atomic E-state index is -0.548. The van der Waals surface area contributed by atoms with E-state index in [0.717, 1.165) is 11.1 Å². The van der Waals surface area contributed by atoms with Gasteiger partial charge in [0, 0.05) is 11.3 Å². The lowest BCUT2D eigenvalue weighted by Gasteiger charge is -2.13. The molecule has 0 saturated carbocycles. The summed E-state index contributed by atoms with van der Waals surface area (Å²) < 4.78 is 19.9. The van der Waals surface area contributed by atoms with Crippen LogP contribution in [-0.4, -0.2) is 5.97 Å². The van der Waals surface area contributed by atoms with Crippen LogP contribution in [0, 0.1) is 5.82 Å². The van der Waals surface area contributed by atoms with Gasteiger partial charge in [0.15, 0.2) is 0 Å². The fourth-order valence-corrected chi connectivity index (χ4v) is 2.69. The van der Waals surface area contributed by atoms with Crippen LogP contribution in [-0.2, 0) is 16.1 Å². The van der Waals surface area contributed by atoms with Crippen molar-refractivity contribution in [1.29, 1.82) is 0 Å². The molecule has 0 bridgehead atoms. The van der Waals surface area contributed by atoms with Crippen LogP contribution < -0.4 is 5.73 Å². The highest BCUT2D eigenvalue weighted by Crippen LogP contribution is 2.27. The Labute approximate surface area is 152 Å². The van der Waals surface area contributed by atoms with E-state index in [9.17, 15) is 9.18 Å². The SMILES string of the molecule is CC(C(=O)OCc1ccccc1)c1ccc(-c2ccc(N)cc2)c(F)c1. The average Bonchev–Trinajstić information content (AvgIpc) is 2.67. The molecule has 0 radical (unpaired) electrons. The molecule has 0 aliphatic rings. The first kappa shape index (κ1) is 17.7. The first-order chi connectivity index (χ1) is 12.5. The Kier molecular flexibility index (Phi) is 5.32. The maximum absolute atomic E-state index is 14.5. The molecule has 3 aromatic rings. The number of anilines is 1. The zero-order chi connectivity index (χ0) is 18.5. The summed E-state index contributed by atoms with van der Waals surface area (Å²) in [7, 11) is 0. The summed E-state index contributed by atoms with van der Waals surface area (Å²) in [5, 5.41) is 0. The molecule has 1 unspecified atom stereocenters. The van der Waals surface area contributed by atoms with Gasteiger partial charge < -0.3 is 10.5 Å². The third-order valence-corrected chi connectivity index (χ3v) is 4.29. The molecule has 0 heterocycles. The number of hydrogen-bond donors (Lipinski definition) is 1. The second-order valence-electron chi connectivity index (χ2n) is 6.18. The Morgan fingerprint density at radius 3 is 2.38 bits per heavy atom. The number of halogens is 1. The number of nitrogens with two attached hydrogens (primary N) is 1. The number of esters is 1. The van der Waals surface area contributed by atoms with Crippen LogP contribution in [0.25, 0.3) is 11.1 Å². The molecule has 4 heteroatoms. The summed E-state index contributed by atoms with van der Waals surface area (Å²) in [6.45, 7) is 1.92. The quantitative estimate of drug-likeness (QED) is 0.525. The zero-order valence-electron chi connectivity index (χ0n) is 14.5. The van der Waals surface area contributed by atoms with Gasteiger partial charge in [-0.2, -0.15) is 0 Å². The Balaban J connectivity index is 1.71. The van der Waals surface area contributed by atoms with E-state index in [2.05, 4.69) is 0 Å². The number of hydrogen-bond acceptors (Lipinski definition) is 3. The molecule has 0 aliphatic heterocycles. The van der Waals surface area contributed by atoms with Gasteiger partial charge >= 0.3 is 5.97 Å². The second-order valence-corrected chi connectivity index (χ2v) is 6.18. The topological polar surface area (TPSA) is 52.3 Å². The molecule has 0 fully saturated rings. The van der Waals surface area contributed by atoms with Crippen LogP contribution in [0.15, 0.2) is 72.8 Å². The van der Waals surface area contributed by atoms with Gasteiger partial charge in [0.2, 0.25) is 0 Å². The lowest BCUT2D eigenvalue weighted by atomic mass is 9.97. The third-order valence-electron chi connectivity index (χ3n) is 4.29. The average molecular weight is 349 g/mol. The van der Waals surface area contributed by atoms with E-state index in [4.69, 9.17) is 10.5 Å². The fraction of sp³-hybridized carbons (Fsp3) is 0.136. The van der Waals surface area contributed by atoms with Gasteiger partial charge in [-0.05, 0) is 41.8 Å². The Hall–Kier alpha value is -3.14. The highest BCUT2D eigenvalue weighted by molar-refractivity contribution is 5.78. The summed E-state index contributed by atoms with van der Waals surface area (Å²) >= 11 is 0. The van der Waals surface area contributed by atoms with E-state index in [1.54, 1.807) is 43.3 Å². The van der Waals surface area contributed by atoms with Crippen molar-refractivity contribution < 1.29 is 13.9 Å². The molecule has 0 spiro atoms. The first-order valence-corrected chi connectivity index (χ1v) is 8.40. The van der Waals surface area contributed by atoms with Crippen molar-refractivity contribution in [2.24, 2.45) is 0 Å². The second kappa shape index (κ2) is 7.83. The molecular weight excluding hydrogens is 329 g/mol. The van der Waals surface area contributed by atoms with Crippen molar-refractivity contribution in [1.82, 2.24) is 0 Å². The molecule has 1 atom stereocenters. The van der Waals surface area contributed by atoms with Gasteiger partial charge in [0.1, 0.15) is 12.4 Å². The van der Waals surface area contributed by atoms with Crippen molar-refractivity contribution in [3.05, 3.63) is 89.7 Å². The van der Waals surface area contributed by atoms with Crippen LogP contribution in [0.2, 0.25) is 0 Å². The standard InChI is InChI=1S/C22H20FNO2/c1-15(22(25)26-14-16-5-3-2-4-6-16)18-9-12-20(21(23)13-18)17-7-10-19(24)11-8-17/h2-13,15H,14,24H2,1H3. The van der Waals surface area contributed by atoms with Gasteiger partial charge in [-0.1, -0.05) is 54.6 Å². The molecular formula is C22H20FNO2. The maximum atomic E-state index is 14.5. The third kappa shape index (κ3) is 4.09. The zero-order valence-corrected chi connectivity index (χ0v) is 14.5. The van der Waals surface area contributed by atoms with Crippen LogP contribution in [0.4, 0.5) is 10.1 Å². The molecule has 132 valence electrons. The molecule has 3 nitrogen and oxygen atoms in total. The van der Waals surface area contributed by atoms with E-state index in [1.807, 2.05) is 30.3 Å². The predicted molar refractivity (Wildman–Crippen MR) is 101 cm³/mol. The molecule has 2 N–H and O–H groups in total. The van der Waals surface area contributed by atoms with Crippen molar-refractivity contribution in [3.63, 3.8) is 0 Å². The number of nitrogen functional groups attached to an aromatic ring is 1. The largest absolute Gasteiger partial charge is 0.460 e. The molecule has 0 aromatic heterocycles. The van der Waals surface area contributed by atoms with Gasteiger partial charge in [-0.3, -0.25) is 4.79 Å². The minimum absolute atomic E-state index is 0.204. The molecule has 0 amide bonds. The van der Waals surface area contributed by atoms with Crippen molar-refractivity contribution >= 4 is 11.7 Å². The highest BCUT2D eigenvalue weighted by atomic mass is 19.1. The van der Waals surface area contributed by atoms with Crippen LogP contribution >= 0.6 is 0 Å². The predicted octanol–water partition coefficient (Wildman–Crippen LogP) is 4.92. The maximum Gasteiger partial charge on any atom is 0.313 e. The molecule has 0 aliphatic carbocycles. The first-order valence-electron chi connectivity index (χ1n) is 8.40. The number of carbonyl (C=O) groups is 1. The smallest absolute Gasteiger partial charge is 0.313 e. The fourth-order valence-electron chi connectivity index (χ4n) is 2.69. The number of ether oxygens (including phenoxy) is 1. The van der Waals surface area contributed by atoms with Gasteiger partial charge in [0.25, 0.3) is 0 Å². The molecule has 3 aromatic carbocycles. The van der Waals surface area contributed by atoms with Crippen molar-refractivity contribution in [2.75, 3.05) is 5.73 Å². The number of benzene rings is 3. The van der Waals surface area contributed by atoms with Crippen LogP contribution in [0.1, 0.15) is 24.0 Å². The Bertz CT molecular complexity index is 892. The summed E-state index contributed by atoms with van der Waals surface area (Å²) in [5.41, 5.74) is 9.00. The monoisotopic (exact) mass is 349 g/mol. The molecule has 26 heavy (non-hydrogen) atoms. The highest BCUT2D eigenvalue weighted by Gasteiger charge is 2.18. The van der Waals surface area contributed by atoms with Gasteiger partial charge in [-0.15, -0.1) is 0 Å². The lowest BCUT2D eigenvalue weighted by Crippen LogP contribution is -2.13. The van der Waals surface area contributed by atoms with Gasteiger partial charge in [0.05, 0.1) is 5.92 Å². The Morgan fingerprint density at radius 1 is 1.04 bits per heavy atom. The number of carbonyl (C=O) groups excluding carboxylic acids is 1. The summed E-state index contributed by atoms with van der Waals surface area (Å²) in [6.07, 6.45) is 0. The van der Waals surface area contributed by atoms with E-state index in [-0.39, 0.29) is 18.4 Å². The van der Waals surface area contributed by atoms with E-state index in [0.29, 0.717) is 16.8 Å². The van der Waals surface area contributed by atoms with Crippen molar-refractivity contribution in [3.8, 4) is 11.1 Å². The minimum Gasteiger partial charge on any atom is -0.460 e. The van der Waals surface area contributed by atoms with E-state index < -0.39 is 5.92 Å².